The molecule has 2 aromatic heterocycles. The Labute approximate surface area is 120 Å². The lowest BCUT2D eigenvalue weighted by Crippen LogP contribution is -2.31. The van der Waals surface area contributed by atoms with E-state index in [4.69, 9.17) is 0 Å². The Morgan fingerprint density at radius 2 is 2.15 bits per heavy atom. The maximum absolute atomic E-state index is 11.8. The number of hydrogen-bond acceptors (Lipinski definition) is 5. The fraction of sp³-hybridized carbons (Fsp3) is 0.385. The first-order valence-electron chi connectivity index (χ1n) is 6.18. The summed E-state index contributed by atoms with van der Waals surface area (Å²) in [6.07, 6.45) is 1.39. The summed E-state index contributed by atoms with van der Waals surface area (Å²) in [7, 11) is 0. The van der Waals surface area contributed by atoms with Crippen molar-refractivity contribution in [1.29, 1.82) is 0 Å². The third-order valence-corrected chi connectivity index (χ3v) is 3.85. The molecule has 0 saturated heterocycles. The molecular weight excluding hydrogens is 276 g/mol. The highest BCUT2D eigenvalue weighted by Gasteiger charge is 2.08. The summed E-state index contributed by atoms with van der Waals surface area (Å²) >= 11 is 1.56. The molecule has 0 unspecified atom stereocenters. The van der Waals surface area contributed by atoms with E-state index in [0.29, 0.717) is 12.2 Å². The number of nitrogens with zero attached hydrogens (tertiary/aromatic N) is 3. The van der Waals surface area contributed by atoms with E-state index in [1.54, 1.807) is 18.3 Å². The normalized spacial score (nSPS) is 10.6. The molecule has 20 heavy (non-hydrogen) atoms. The van der Waals surface area contributed by atoms with Crippen LogP contribution in [-0.2, 0) is 17.9 Å². The van der Waals surface area contributed by atoms with Crippen LogP contribution in [0, 0.1) is 20.8 Å². The largest absolute Gasteiger partial charge is 0.350 e. The van der Waals surface area contributed by atoms with Crippen LogP contribution < -0.4 is 10.9 Å². The minimum atomic E-state index is -0.225. The number of aromatic nitrogens is 3. The van der Waals surface area contributed by atoms with Crippen molar-refractivity contribution in [3.8, 4) is 0 Å². The number of aryl methyl sites for hydroxylation is 3. The van der Waals surface area contributed by atoms with E-state index in [0.717, 1.165) is 15.6 Å². The minimum absolute atomic E-state index is 0.0249. The van der Waals surface area contributed by atoms with Crippen molar-refractivity contribution in [3.05, 3.63) is 44.0 Å². The van der Waals surface area contributed by atoms with E-state index in [-0.39, 0.29) is 18.0 Å². The highest BCUT2D eigenvalue weighted by molar-refractivity contribution is 7.11. The molecule has 106 valence electrons. The van der Waals surface area contributed by atoms with Gasteiger partial charge in [0.25, 0.3) is 5.56 Å². The molecule has 6 nitrogen and oxygen atoms in total. The summed E-state index contributed by atoms with van der Waals surface area (Å²) in [5.41, 5.74) is 1.35. The Morgan fingerprint density at radius 1 is 1.40 bits per heavy atom. The summed E-state index contributed by atoms with van der Waals surface area (Å²) in [6.45, 7) is 5.99. The third-order valence-electron chi connectivity index (χ3n) is 2.78. The monoisotopic (exact) mass is 292 g/mol. The van der Waals surface area contributed by atoms with Crippen LogP contribution in [0.1, 0.15) is 21.3 Å². The van der Waals surface area contributed by atoms with Crippen LogP contribution in [0.15, 0.2) is 17.2 Å². The lowest BCUT2D eigenvalue weighted by Gasteiger charge is -2.06. The Hall–Kier alpha value is -2.02. The number of rotatable bonds is 4. The van der Waals surface area contributed by atoms with Crippen molar-refractivity contribution < 1.29 is 4.79 Å². The van der Waals surface area contributed by atoms with Crippen LogP contribution >= 0.6 is 11.3 Å². The molecule has 0 aromatic carbocycles. The quantitative estimate of drug-likeness (QED) is 0.910. The zero-order valence-electron chi connectivity index (χ0n) is 11.6. The molecule has 2 aromatic rings. The molecule has 0 fully saturated rings. The number of thiazole rings is 1. The van der Waals surface area contributed by atoms with Gasteiger partial charge in [-0.05, 0) is 20.8 Å². The summed E-state index contributed by atoms with van der Waals surface area (Å²) in [5, 5.41) is 3.76. The Balaban J connectivity index is 1.96. The zero-order chi connectivity index (χ0) is 14.7. The van der Waals surface area contributed by atoms with E-state index in [1.807, 2.05) is 13.8 Å². The molecule has 0 aliphatic carbocycles. The highest BCUT2D eigenvalue weighted by atomic mass is 32.1. The number of carbonyl (C=O) groups is 1. The van der Waals surface area contributed by atoms with Gasteiger partial charge in [0.05, 0.1) is 23.6 Å². The summed E-state index contributed by atoms with van der Waals surface area (Å²) in [6, 6.07) is 1.41. The van der Waals surface area contributed by atoms with Gasteiger partial charge in [0.15, 0.2) is 0 Å². The maximum Gasteiger partial charge on any atom is 0.253 e. The van der Waals surface area contributed by atoms with Crippen LogP contribution in [0.5, 0.6) is 0 Å². The molecular formula is C13H16N4O2S. The molecule has 0 radical (unpaired) electrons. The van der Waals surface area contributed by atoms with Crippen LogP contribution in [-0.4, -0.2) is 20.4 Å². The van der Waals surface area contributed by atoms with Crippen LogP contribution in [0.4, 0.5) is 0 Å². The SMILES string of the molecule is Cc1cc(=O)n(CC(=O)NCc2sc(C)nc2C)cn1. The van der Waals surface area contributed by atoms with Crippen LogP contribution in [0.25, 0.3) is 0 Å². The first-order valence-corrected chi connectivity index (χ1v) is 7.00. The number of hydrogen-bond donors (Lipinski definition) is 1. The van der Waals surface area contributed by atoms with Crippen LogP contribution in [0.2, 0.25) is 0 Å². The second-order valence-electron chi connectivity index (χ2n) is 4.51. The second kappa shape index (κ2) is 5.96. The van der Waals surface area contributed by atoms with E-state index >= 15 is 0 Å². The number of carbonyl (C=O) groups excluding carboxylic acids is 1. The number of amides is 1. The van der Waals surface area contributed by atoms with E-state index in [9.17, 15) is 9.59 Å². The van der Waals surface area contributed by atoms with Gasteiger partial charge in [-0.15, -0.1) is 11.3 Å². The molecule has 2 heterocycles. The molecule has 0 atom stereocenters. The fourth-order valence-corrected chi connectivity index (χ4v) is 2.64. The van der Waals surface area contributed by atoms with Gasteiger partial charge in [0.1, 0.15) is 6.54 Å². The number of nitrogens with one attached hydrogen (secondary N) is 1. The van der Waals surface area contributed by atoms with Gasteiger partial charge in [-0.25, -0.2) is 9.97 Å². The Morgan fingerprint density at radius 3 is 2.75 bits per heavy atom. The zero-order valence-corrected chi connectivity index (χ0v) is 12.5. The molecule has 0 aliphatic heterocycles. The van der Waals surface area contributed by atoms with Gasteiger partial charge in [0, 0.05) is 16.6 Å². The molecule has 2 rings (SSSR count). The van der Waals surface area contributed by atoms with Crippen molar-refractivity contribution in [3.63, 3.8) is 0 Å². The van der Waals surface area contributed by atoms with Crippen molar-refractivity contribution >= 4 is 17.2 Å². The maximum atomic E-state index is 11.8. The van der Waals surface area contributed by atoms with E-state index in [1.165, 1.54) is 17.0 Å². The Kier molecular flexibility index (Phi) is 4.29. The molecule has 0 aliphatic rings. The van der Waals surface area contributed by atoms with Gasteiger partial charge in [-0.2, -0.15) is 0 Å². The van der Waals surface area contributed by atoms with Gasteiger partial charge in [-0.3, -0.25) is 14.2 Å². The third kappa shape index (κ3) is 3.51. The first kappa shape index (κ1) is 14.4. The van der Waals surface area contributed by atoms with Crippen molar-refractivity contribution in [1.82, 2.24) is 19.9 Å². The molecule has 0 bridgehead atoms. The van der Waals surface area contributed by atoms with E-state index in [2.05, 4.69) is 15.3 Å². The van der Waals surface area contributed by atoms with Crippen LogP contribution in [0.3, 0.4) is 0 Å². The van der Waals surface area contributed by atoms with Crippen molar-refractivity contribution in [2.75, 3.05) is 0 Å². The van der Waals surface area contributed by atoms with Gasteiger partial charge in [0.2, 0.25) is 5.91 Å². The molecule has 1 amide bonds. The average molecular weight is 292 g/mol. The molecule has 0 saturated carbocycles. The Bertz CT molecular complexity index is 690. The molecule has 0 spiro atoms. The molecule has 7 heteroatoms. The summed E-state index contributed by atoms with van der Waals surface area (Å²) < 4.78 is 1.28. The second-order valence-corrected chi connectivity index (χ2v) is 5.80. The lowest BCUT2D eigenvalue weighted by atomic mass is 10.4. The van der Waals surface area contributed by atoms with Crippen molar-refractivity contribution in [2.24, 2.45) is 0 Å². The van der Waals surface area contributed by atoms with Gasteiger partial charge in [-0.1, -0.05) is 0 Å². The predicted molar refractivity (Wildman–Crippen MR) is 76.7 cm³/mol. The fourth-order valence-electron chi connectivity index (χ4n) is 1.76. The standard InChI is InChI=1S/C13H16N4O2S/c1-8-4-13(19)17(7-15-8)6-12(18)14-5-11-9(2)16-10(3)20-11/h4,7H,5-6H2,1-3H3,(H,14,18). The van der Waals surface area contributed by atoms with Gasteiger partial charge >= 0.3 is 0 Å². The minimum Gasteiger partial charge on any atom is -0.350 e. The topological polar surface area (TPSA) is 76.9 Å². The molecule has 1 N–H and O–H groups in total. The average Bonchev–Trinajstić information content (AvgIpc) is 2.69. The predicted octanol–water partition coefficient (Wildman–Crippen LogP) is 0.941. The van der Waals surface area contributed by atoms with Crippen molar-refractivity contribution in [2.45, 2.75) is 33.9 Å². The highest BCUT2D eigenvalue weighted by Crippen LogP contribution is 2.16. The lowest BCUT2D eigenvalue weighted by molar-refractivity contribution is -0.121. The van der Waals surface area contributed by atoms with E-state index < -0.39 is 0 Å². The smallest absolute Gasteiger partial charge is 0.253 e. The van der Waals surface area contributed by atoms with Gasteiger partial charge < -0.3 is 5.32 Å². The first-order chi connectivity index (χ1) is 9.45. The summed E-state index contributed by atoms with van der Waals surface area (Å²) in [5.74, 6) is -0.219. The summed E-state index contributed by atoms with van der Waals surface area (Å²) in [4.78, 5) is 32.8.